The van der Waals surface area contributed by atoms with Gasteiger partial charge in [0.2, 0.25) is 0 Å². The minimum atomic E-state index is 0.123. The number of ketones is 2. The molecule has 0 amide bonds. The molecule has 2 nitrogen and oxygen atoms in total. The van der Waals surface area contributed by atoms with Gasteiger partial charge in [-0.05, 0) is 33.1 Å². The monoisotopic (exact) mass is 167 g/mol. The molecule has 1 unspecified atom stereocenters. The Bertz CT molecular complexity index is 176. The van der Waals surface area contributed by atoms with E-state index in [9.17, 15) is 9.59 Å². The molecule has 67 valence electrons. The normalized spacial score (nSPS) is 25.3. The third kappa shape index (κ3) is 2.16. The van der Waals surface area contributed by atoms with E-state index in [1.54, 1.807) is 13.8 Å². The maximum atomic E-state index is 11.0. The molecule has 0 heterocycles. The molecule has 1 rings (SSSR count). The van der Waals surface area contributed by atoms with E-state index in [4.69, 9.17) is 0 Å². The first kappa shape index (κ1) is 9.43. The standard InChI is InChI=1S/C10H15O2/c1-7(11)9-4-3-5-10(6-9)8(2)12/h9H,3-6H2,1-2H3. The second-order valence-electron chi connectivity index (χ2n) is 3.56. The molecule has 0 aromatic carbocycles. The van der Waals surface area contributed by atoms with Gasteiger partial charge in [0.05, 0.1) is 0 Å². The van der Waals surface area contributed by atoms with Crippen molar-refractivity contribution >= 4 is 11.6 Å². The Balaban J connectivity index is 2.51. The number of rotatable bonds is 2. The number of hydrogen-bond donors (Lipinski definition) is 0. The van der Waals surface area contributed by atoms with Crippen molar-refractivity contribution in [2.75, 3.05) is 0 Å². The third-order valence-corrected chi connectivity index (χ3v) is 2.60. The van der Waals surface area contributed by atoms with E-state index in [1.165, 1.54) is 0 Å². The molecule has 12 heavy (non-hydrogen) atoms. The molecule has 1 radical (unpaired) electrons. The van der Waals surface area contributed by atoms with E-state index >= 15 is 0 Å². The lowest BCUT2D eigenvalue weighted by Gasteiger charge is -2.24. The van der Waals surface area contributed by atoms with E-state index in [1.807, 2.05) is 0 Å². The van der Waals surface area contributed by atoms with Crippen LogP contribution in [0.1, 0.15) is 39.5 Å². The number of carbonyl (C=O) groups is 2. The van der Waals surface area contributed by atoms with Gasteiger partial charge in [-0.1, -0.05) is 6.42 Å². The van der Waals surface area contributed by atoms with Crippen molar-refractivity contribution in [3.8, 4) is 0 Å². The first-order chi connectivity index (χ1) is 5.61. The summed E-state index contributed by atoms with van der Waals surface area (Å²) in [6, 6.07) is 0. The van der Waals surface area contributed by atoms with Crippen LogP contribution in [0.25, 0.3) is 0 Å². The number of Topliss-reactive ketones (excluding diaryl/α,β-unsaturated/α-hetero) is 2. The van der Waals surface area contributed by atoms with Crippen molar-refractivity contribution in [3.63, 3.8) is 0 Å². The molecule has 0 saturated heterocycles. The zero-order valence-corrected chi connectivity index (χ0v) is 7.72. The lowest BCUT2D eigenvalue weighted by Crippen LogP contribution is -2.23. The van der Waals surface area contributed by atoms with Gasteiger partial charge in [0.1, 0.15) is 11.6 Å². The number of hydrogen-bond acceptors (Lipinski definition) is 2. The topological polar surface area (TPSA) is 34.1 Å². The van der Waals surface area contributed by atoms with Crippen LogP contribution >= 0.6 is 0 Å². The van der Waals surface area contributed by atoms with Crippen molar-refractivity contribution in [3.05, 3.63) is 5.92 Å². The fourth-order valence-electron chi connectivity index (χ4n) is 1.73. The van der Waals surface area contributed by atoms with E-state index in [-0.39, 0.29) is 17.5 Å². The Morgan fingerprint density at radius 1 is 1.33 bits per heavy atom. The van der Waals surface area contributed by atoms with Crippen molar-refractivity contribution in [2.45, 2.75) is 39.5 Å². The molecule has 1 atom stereocenters. The van der Waals surface area contributed by atoms with Gasteiger partial charge >= 0.3 is 0 Å². The summed E-state index contributed by atoms with van der Waals surface area (Å²) in [6.07, 6.45) is 3.58. The second kappa shape index (κ2) is 3.83. The Morgan fingerprint density at radius 2 is 2.00 bits per heavy atom. The average Bonchev–Trinajstić information content (AvgIpc) is 2.04. The summed E-state index contributed by atoms with van der Waals surface area (Å²) in [7, 11) is 0. The SMILES string of the molecule is CC(=O)[C]1CCCC(C(C)=O)C1. The Hall–Kier alpha value is -0.660. The molecule has 0 N–H and O–H groups in total. The van der Waals surface area contributed by atoms with Crippen LogP contribution in [0.3, 0.4) is 0 Å². The molecule has 1 fully saturated rings. The largest absolute Gasteiger partial charge is 0.300 e. The van der Waals surface area contributed by atoms with Crippen LogP contribution in [0, 0.1) is 11.8 Å². The van der Waals surface area contributed by atoms with Crippen molar-refractivity contribution in [1.29, 1.82) is 0 Å². The van der Waals surface area contributed by atoms with Gasteiger partial charge in [-0.25, -0.2) is 0 Å². The Labute approximate surface area is 73.3 Å². The molecule has 0 aromatic heterocycles. The molecule has 0 aromatic rings. The van der Waals surface area contributed by atoms with Gasteiger partial charge in [-0.2, -0.15) is 0 Å². The van der Waals surface area contributed by atoms with E-state index < -0.39 is 0 Å². The lowest BCUT2D eigenvalue weighted by molar-refractivity contribution is -0.122. The van der Waals surface area contributed by atoms with Gasteiger partial charge in [0.15, 0.2) is 0 Å². The van der Waals surface area contributed by atoms with E-state index in [2.05, 4.69) is 0 Å². The van der Waals surface area contributed by atoms with Crippen LogP contribution in [0.15, 0.2) is 0 Å². The molecule has 1 aliphatic carbocycles. The van der Waals surface area contributed by atoms with Crippen LogP contribution in [-0.2, 0) is 9.59 Å². The summed E-state index contributed by atoms with van der Waals surface area (Å²) >= 11 is 0. The zero-order valence-electron chi connectivity index (χ0n) is 7.72. The van der Waals surface area contributed by atoms with Crippen LogP contribution in [0.4, 0.5) is 0 Å². The molecular weight excluding hydrogens is 152 g/mol. The summed E-state index contributed by atoms with van der Waals surface area (Å²) in [4.78, 5) is 22.1. The molecule has 0 aliphatic heterocycles. The second-order valence-corrected chi connectivity index (χ2v) is 3.56. The quantitative estimate of drug-likeness (QED) is 0.629. The summed E-state index contributed by atoms with van der Waals surface area (Å²) in [5.41, 5.74) is 0. The first-order valence-corrected chi connectivity index (χ1v) is 4.47. The summed E-state index contributed by atoms with van der Waals surface area (Å²) < 4.78 is 0. The van der Waals surface area contributed by atoms with Crippen molar-refractivity contribution < 1.29 is 9.59 Å². The molecular formula is C10H15O2. The minimum Gasteiger partial charge on any atom is -0.300 e. The minimum absolute atomic E-state index is 0.123. The smallest absolute Gasteiger partial charge is 0.136 e. The fraction of sp³-hybridized carbons (Fsp3) is 0.700. The molecule has 2 heteroatoms. The van der Waals surface area contributed by atoms with Gasteiger partial charge < -0.3 is 0 Å². The van der Waals surface area contributed by atoms with Crippen molar-refractivity contribution in [1.82, 2.24) is 0 Å². The predicted molar refractivity (Wildman–Crippen MR) is 46.6 cm³/mol. The van der Waals surface area contributed by atoms with Crippen LogP contribution < -0.4 is 0 Å². The summed E-state index contributed by atoms with van der Waals surface area (Å²) in [5, 5.41) is 0. The fourth-order valence-corrected chi connectivity index (χ4v) is 1.73. The van der Waals surface area contributed by atoms with Crippen LogP contribution in [0.2, 0.25) is 0 Å². The highest BCUT2D eigenvalue weighted by molar-refractivity contribution is 5.91. The highest BCUT2D eigenvalue weighted by atomic mass is 16.1. The highest BCUT2D eigenvalue weighted by Crippen LogP contribution is 2.31. The van der Waals surface area contributed by atoms with E-state index in [0.717, 1.165) is 25.2 Å². The van der Waals surface area contributed by atoms with E-state index in [0.29, 0.717) is 6.42 Å². The van der Waals surface area contributed by atoms with Crippen LogP contribution in [0.5, 0.6) is 0 Å². The summed E-state index contributed by atoms with van der Waals surface area (Å²) in [6.45, 7) is 3.21. The summed E-state index contributed by atoms with van der Waals surface area (Å²) in [5.74, 6) is 1.48. The molecule has 1 aliphatic rings. The van der Waals surface area contributed by atoms with Crippen molar-refractivity contribution in [2.24, 2.45) is 5.92 Å². The molecule has 0 bridgehead atoms. The molecule has 1 saturated carbocycles. The maximum absolute atomic E-state index is 11.0. The lowest BCUT2D eigenvalue weighted by atomic mass is 9.78. The highest BCUT2D eigenvalue weighted by Gasteiger charge is 2.27. The average molecular weight is 167 g/mol. The third-order valence-electron chi connectivity index (χ3n) is 2.60. The Kier molecular flexibility index (Phi) is 3.01. The zero-order chi connectivity index (χ0) is 9.14. The van der Waals surface area contributed by atoms with Gasteiger partial charge in [0.25, 0.3) is 0 Å². The van der Waals surface area contributed by atoms with Gasteiger partial charge in [0, 0.05) is 11.8 Å². The first-order valence-electron chi connectivity index (χ1n) is 4.47. The number of carbonyl (C=O) groups excluding carboxylic acids is 2. The molecule has 0 spiro atoms. The Morgan fingerprint density at radius 3 is 2.50 bits per heavy atom. The maximum Gasteiger partial charge on any atom is 0.136 e. The predicted octanol–water partition coefficient (Wildman–Crippen LogP) is 1.93. The van der Waals surface area contributed by atoms with Crippen LogP contribution in [-0.4, -0.2) is 11.6 Å². The van der Waals surface area contributed by atoms with Gasteiger partial charge in [-0.15, -0.1) is 0 Å². The van der Waals surface area contributed by atoms with Gasteiger partial charge in [-0.3, -0.25) is 9.59 Å².